The van der Waals surface area contributed by atoms with E-state index in [2.05, 4.69) is 16.6 Å². The summed E-state index contributed by atoms with van der Waals surface area (Å²) in [6, 6.07) is 0.259. The predicted octanol–water partition coefficient (Wildman–Crippen LogP) is 2.00. The van der Waals surface area contributed by atoms with Crippen molar-refractivity contribution in [1.82, 2.24) is 5.32 Å². The Balaban J connectivity index is 2.48. The molecule has 4 heteroatoms. The number of hydrogen-bond donors (Lipinski definition) is 2. The zero-order valence-corrected chi connectivity index (χ0v) is 11.3. The van der Waals surface area contributed by atoms with Gasteiger partial charge in [0.05, 0.1) is 0 Å². The van der Waals surface area contributed by atoms with Crippen LogP contribution < -0.4 is 11.1 Å². The maximum atomic E-state index is 5.85. The minimum atomic E-state index is 0.259. The fraction of sp³-hybridized carbons (Fsp3) is 0.750. The number of amidine groups is 1. The van der Waals surface area contributed by atoms with Crippen molar-refractivity contribution < 1.29 is 0 Å². The quantitative estimate of drug-likeness (QED) is 0.529. The monoisotopic (exact) mass is 241 g/mol. The van der Waals surface area contributed by atoms with Gasteiger partial charge < -0.3 is 11.1 Å². The second kappa shape index (κ2) is 6.84. The van der Waals surface area contributed by atoms with Crippen LogP contribution in [0.3, 0.4) is 0 Å². The highest BCUT2D eigenvalue weighted by Crippen LogP contribution is 2.27. The number of nitrogens with zero attached hydrogens (tertiary/aromatic N) is 1. The molecule has 92 valence electrons. The van der Waals surface area contributed by atoms with Crippen molar-refractivity contribution in [3.63, 3.8) is 0 Å². The van der Waals surface area contributed by atoms with Gasteiger partial charge in [-0.15, -0.1) is 0 Å². The molecule has 0 aromatic rings. The van der Waals surface area contributed by atoms with E-state index in [9.17, 15) is 0 Å². The molecule has 1 aliphatic carbocycles. The van der Waals surface area contributed by atoms with Gasteiger partial charge in [0.2, 0.25) is 0 Å². The zero-order chi connectivity index (χ0) is 12.0. The van der Waals surface area contributed by atoms with Crippen LogP contribution in [0.2, 0.25) is 0 Å². The summed E-state index contributed by atoms with van der Waals surface area (Å²) in [7, 11) is 0. The summed E-state index contributed by atoms with van der Waals surface area (Å²) in [4.78, 5) is 4.31. The van der Waals surface area contributed by atoms with Gasteiger partial charge in [-0.1, -0.05) is 0 Å². The standard InChI is InChI=1S/C12H23N3S/c1-9(2)15-12(13)6-11(8-16-3)14-7-10-4-5-10/h6,9-10,14H,4-5,7-8H2,1-3H3,(H2,13,15)/b11-6+. The minimum Gasteiger partial charge on any atom is -0.387 e. The number of nitrogens with one attached hydrogen (secondary N) is 1. The van der Waals surface area contributed by atoms with Crippen LogP contribution in [-0.2, 0) is 0 Å². The van der Waals surface area contributed by atoms with E-state index in [4.69, 9.17) is 5.73 Å². The zero-order valence-electron chi connectivity index (χ0n) is 10.5. The Hall–Kier alpha value is -0.640. The number of nitrogens with two attached hydrogens (primary N) is 1. The summed E-state index contributed by atoms with van der Waals surface area (Å²) in [5.41, 5.74) is 7.05. The van der Waals surface area contributed by atoms with Gasteiger partial charge in [0, 0.05) is 24.0 Å². The lowest BCUT2D eigenvalue weighted by molar-refractivity contribution is 0.719. The molecule has 0 spiro atoms. The van der Waals surface area contributed by atoms with E-state index in [-0.39, 0.29) is 6.04 Å². The molecule has 0 radical (unpaired) electrons. The molecule has 0 saturated heterocycles. The van der Waals surface area contributed by atoms with Crippen molar-refractivity contribution in [3.8, 4) is 0 Å². The third-order valence-electron chi connectivity index (χ3n) is 2.34. The molecule has 0 amide bonds. The molecule has 0 aliphatic heterocycles. The highest BCUT2D eigenvalue weighted by Gasteiger charge is 2.20. The summed E-state index contributed by atoms with van der Waals surface area (Å²) < 4.78 is 0. The summed E-state index contributed by atoms with van der Waals surface area (Å²) in [6.07, 6.45) is 6.81. The van der Waals surface area contributed by atoms with E-state index in [1.165, 1.54) is 18.5 Å². The maximum Gasteiger partial charge on any atom is 0.120 e. The Morgan fingerprint density at radius 2 is 2.25 bits per heavy atom. The number of thioether (sulfide) groups is 1. The lowest BCUT2D eigenvalue weighted by Crippen LogP contribution is -2.21. The van der Waals surface area contributed by atoms with Crippen LogP contribution in [-0.4, -0.2) is 30.4 Å². The van der Waals surface area contributed by atoms with E-state index >= 15 is 0 Å². The molecule has 0 bridgehead atoms. The largest absolute Gasteiger partial charge is 0.387 e. The fourth-order valence-corrected chi connectivity index (χ4v) is 1.91. The normalized spacial score (nSPS) is 18.0. The van der Waals surface area contributed by atoms with Gasteiger partial charge in [-0.2, -0.15) is 11.8 Å². The summed E-state index contributed by atoms with van der Waals surface area (Å²) in [5, 5.41) is 3.47. The Kier molecular flexibility index (Phi) is 5.74. The van der Waals surface area contributed by atoms with Crippen molar-refractivity contribution in [3.05, 3.63) is 11.8 Å². The van der Waals surface area contributed by atoms with Crippen molar-refractivity contribution >= 4 is 17.6 Å². The van der Waals surface area contributed by atoms with Crippen molar-refractivity contribution in [2.24, 2.45) is 16.6 Å². The average molecular weight is 241 g/mol. The van der Waals surface area contributed by atoms with Gasteiger partial charge in [-0.3, -0.25) is 4.99 Å². The van der Waals surface area contributed by atoms with Crippen LogP contribution >= 0.6 is 11.8 Å². The third-order valence-corrected chi connectivity index (χ3v) is 2.94. The number of rotatable bonds is 7. The predicted molar refractivity (Wildman–Crippen MR) is 74.0 cm³/mol. The summed E-state index contributed by atoms with van der Waals surface area (Å²) in [5.74, 6) is 2.48. The third kappa shape index (κ3) is 6.05. The van der Waals surface area contributed by atoms with Crippen molar-refractivity contribution in [2.75, 3.05) is 18.6 Å². The molecular formula is C12H23N3S. The van der Waals surface area contributed by atoms with Gasteiger partial charge in [0.1, 0.15) is 5.84 Å². The molecule has 16 heavy (non-hydrogen) atoms. The molecular weight excluding hydrogens is 218 g/mol. The highest BCUT2D eigenvalue weighted by atomic mass is 32.2. The van der Waals surface area contributed by atoms with Crippen LogP contribution in [0, 0.1) is 5.92 Å². The van der Waals surface area contributed by atoms with Gasteiger partial charge in [-0.05, 0) is 44.9 Å². The first-order valence-corrected chi connectivity index (χ1v) is 7.28. The Labute approximate surface area is 103 Å². The second-order valence-electron chi connectivity index (χ2n) is 4.57. The molecule has 1 fully saturated rings. The summed E-state index contributed by atoms with van der Waals surface area (Å²) in [6.45, 7) is 5.15. The molecule has 0 aromatic carbocycles. The molecule has 3 nitrogen and oxygen atoms in total. The van der Waals surface area contributed by atoms with E-state index in [1.807, 2.05) is 19.9 Å². The smallest absolute Gasteiger partial charge is 0.120 e. The minimum absolute atomic E-state index is 0.259. The topological polar surface area (TPSA) is 50.4 Å². The van der Waals surface area contributed by atoms with Gasteiger partial charge in [0.25, 0.3) is 0 Å². The molecule has 1 saturated carbocycles. The first-order valence-electron chi connectivity index (χ1n) is 5.88. The first kappa shape index (κ1) is 13.4. The van der Waals surface area contributed by atoms with Gasteiger partial charge >= 0.3 is 0 Å². The highest BCUT2D eigenvalue weighted by molar-refractivity contribution is 7.98. The molecule has 3 N–H and O–H groups in total. The molecule has 0 atom stereocenters. The molecule has 0 heterocycles. The van der Waals surface area contributed by atoms with Crippen LogP contribution in [0.1, 0.15) is 26.7 Å². The van der Waals surface area contributed by atoms with E-state index < -0.39 is 0 Å². The fourth-order valence-electron chi connectivity index (χ4n) is 1.41. The van der Waals surface area contributed by atoms with E-state index in [1.54, 1.807) is 11.8 Å². The Morgan fingerprint density at radius 3 is 2.75 bits per heavy atom. The SMILES string of the molecule is CSC/C(=C\C(N)=N/C(C)C)NCC1CC1. The first-order chi connectivity index (χ1) is 7.61. The van der Waals surface area contributed by atoms with Gasteiger partial charge in [-0.25, -0.2) is 0 Å². The van der Waals surface area contributed by atoms with Crippen LogP contribution in [0.5, 0.6) is 0 Å². The lowest BCUT2D eigenvalue weighted by Gasteiger charge is -2.09. The maximum absolute atomic E-state index is 5.85. The van der Waals surface area contributed by atoms with Gasteiger partial charge in [0.15, 0.2) is 0 Å². The molecule has 0 aromatic heterocycles. The summed E-state index contributed by atoms with van der Waals surface area (Å²) >= 11 is 1.80. The van der Waals surface area contributed by atoms with E-state index in [0.29, 0.717) is 5.84 Å². The van der Waals surface area contributed by atoms with E-state index in [0.717, 1.165) is 18.2 Å². The Bertz CT molecular complexity index is 267. The Morgan fingerprint density at radius 1 is 1.56 bits per heavy atom. The van der Waals surface area contributed by atoms with Crippen LogP contribution in [0.15, 0.2) is 16.8 Å². The second-order valence-corrected chi connectivity index (χ2v) is 5.44. The van der Waals surface area contributed by atoms with Crippen LogP contribution in [0.4, 0.5) is 0 Å². The number of hydrogen-bond acceptors (Lipinski definition) is 3. The molecule has 0 unspecified atom stereocenters. The van der Waals surface area contributed by atoms with Crippen LogP contribution in [0.25, 0.3) is 0 Å². The lowest BCUT2D eigenvalue weighted by atomic mass is 10.3. The molecule has 1 rings (SSSR count). The van der Waals surface area contributed by atoms with Crippen molar-refractivity contribution in [1.29, 1.82) is 0 Å². The van der Waals surface area contributed by atoms with Crippen molar-refractivity contribution in [2.45, 2.75) is 32.7 Å². The molecule has 1 aliphatic rings. The average Bonchev–Trinajstić information content (AvgIpc) is 2.96. The number of aliphatic imine (C=N–C) groups is 1.